The van der Waals surface area contributed by atoms with Crippen LogP contribution in [0.2, 0.25) is 0 Å². The molecular weight excluding hydrogens is 290 g/mol. The molecule has 0 aliphatic rings. The average Bonchev–Trinajstić information content (AvgIpc) is 2.77. The first-order chi connectivity index (χ1) is 8.79. The number of carboxylic acids is 1. The van der Waals surface area contributed by atoms with Crippen molar-refractivity contribution < 1.29 is 23.1 Å². The standard InChI is InChI=1S/C11H17NO5S2/c1-7(2)8(6-17-3)12-19(15,16)9-4-5-18-10(9)11(13)14/h4-5,7-8,12H,6H2,1-3H3,(H,13,14). The highest BCUT2D eigenvalue weighted by Gasteiger charge is 2.27. The van der Waals surface area contributed by atoms with Gasteiger partial charge in [-0.2, -0.15) is 0 Å². The fourth-order valence-corrected chi connectivity index (χ4v) is 4.10. The summed E-state index contributed by atoms with van der Waals surface area (Å²) in [5, 5.41) is 10.4. The first-order valence-corrected chi connectivity index (χ1v) is 7.98. The number of thiophene rings is 1. The number of methoxy groups -OCH3 is 1. The Balaban J connectivity index is 3.03. The van der Waals surface area contributed by atoms with E-state index in [-0.39, 0.29) is 22.3 Å². The maximum Gasteiger partial charge on any atom is 0.347 e. The van der Waals surface area contributed by atoms with Crippen molar-refractivity contribution in [3.05, 3.63) is 16.3 Å². The summed E-state index contributed by atoms with van der Waals surface area (Å²) >= 11 is 0.883. The second-order valence-electron chi connectivity index (χ2n) is 4.35. The minimum atomic E-state index is -3.86. The van der Waals surface area contributed by atoms with Gasteiger partial charge in [-0.15, -0.1) is 11.3 Å². The van der Waals surface area contributed by atoms with Crippen LogP contribution in [0, 0.1) is 5.92 Å². The lowest BCUT2D eigenvalue weighted by atomic mass is 10.1. The van der Waals surface area contributed by atoms with Crippen LogP contribution in [0.1, 0.15) is 23.5 Å². The van der Waals surface area contributed by atoms with Gasteiger partial charge >= 0.3 is 5.97 Å². The van der Waals surface area contributed by atoms with Crippen molar-refractivity contribution in [3.8, 4) is 0 Å². The van der Waals surface area contributed by atoms with E-state index in [1.807, 2.05) is 13.8 Å². The summed E-state index contributed by atoms with van der Waals surface area (Å²) in [7, 11) is -2.38. The molecule has 0 bridgehead atoms. The Kier molecular flexibility index (Phi) is 5.48. The zero-order chi connectivity index (χ0) is 14.6. The van der Waals surface area contributed by atoms with Crippen LogP contribution in [0.5, 0.6) is 0 Å². The lowest BCUT2D eigenvalue weighted by Gasteiger charge is -2.21. The summed E-state index contributed by atoms with van der Waals surface area (Å²) in [5.74, 6) is -1.22. The monoisotopic (exact) mass is 307 g/mol. The molecule has 6 nitrogen and oxygen atoms in total. The molecule has 0 amide bonds. The van der Waals surface area contributed by atoms with Crippen molar-refractivity contribution in [1.82, 2.24) is 4.72 Å². The Morgan fingerprint density at radius 2 is 2.16 bits per heavy atom. The van der Waals surface area contributed by atoms with Crippen molar-refractivity contribution in [3.63, 3.8) is 0 Å². The van der Waals surface area contributed by atoms with Gasteiger partial charge in [-0.1, -0.05) is 13.8 Å². The Hall–Kier alpha value is -0.960. The van der Waals surface area contributed by atoms with Crippen LogP contribution in [0.25, 0.3) is 0 Å². The first kappa shape index (κ1) is 16.1. The van der Waals surface area contributed by atoms with Crippen LogP contribution in [0.15, 0.2) is 16.3 Å². The minimum absolute atomic E-state index is 0.0293. The van der Waals surface area contributed by atoms with Crippen LogP contribution in [-0.2, 0) is 14.8 Å². The number of carboxylic acid groups (broad SMARTS) is 1. The molecule has 8 heteroatoms. The smallest absolute Gasteiger partial charge is 0.347 e. The van der Waals surface area contributed by atoms with Crippen LogP contribution in [-0.4, -0.2) is 39.3 Å². The summed E-state index contributed by atoms with van der Waals surface area (Å²) in [5.41, 5.74) is 0. The van der Waals surface area contributed by atoms with E-state index in [9.17, 15) is 13.2 Å². The van der Waals surface area contributed by atoms with Gasteiger partial charge in [0.1, 0.15) is 9.77 Å². The van der Waals surface area contributed by atoms with Crippen LogP contribution < -0.4 is 4.72 Å². The third-order valence-electron chi connectivity index (χ3n) is 2.57. The molecule has 0 fully saturated rings. The molecule has 0 spiro atoms. The molecule has 108 valence electrons. The number of hydrogen-bond donors (Lipinski definition) is 2. The Labute approximate surface area is 116 Å². The third-order valence-corrected chi connectivity index (χ3v) is 5.13. The Bertz CT molecular complexity index is 535. The molecule has 0 aromatic carbocycles. The molecule has 0 aliphatic heterocycles. The number of aromatic carboxylic acids is 1. The fraction of sp³-hybridized carbons (Fsp3) is 0.545. The minimum Gasteiger partial charge on any atom is -0.477 e. The van der Waals surface area contributed by atoms with Gasteiger partial charge in [-0.05, 0) is 17.4 Å². The van der Waals surface area contributed by atoms with Crippen LogP contribution in [0.4, 0.5) is 0 Å². The molecule has 1 rings (SSSR count). The number of ether oxygens (including phenoxy) is 1. The summed E-state index contributed by atoms with van der Waals surface area (Å²) < 4.78 is 31.8. The summed E-state index contributed by atoms with van der Waals surface area (Å²) in [6.07, 6.45) is 0. The quantitative estimate of drug-likeness (QED) is 0.794. The van der Waals surface area contributed by atoms with Gasteiger partial charge in [0.25, 0.3) is 0 Å². The SMILES string of the molecule is COCC(NS(=O)(=O)c1ccsc1C(=O)O)C(C)C. The Morgan fingerprint density at radius 3 is 2.63 bits per heavy atom. The second kappa shape index (κ2) is 6.47. The molecular formula is C11H17NO5S2. The van der Waals surface area contributed by atoms with E-state index in [0.717, 1.165) is 11.3 Å². The predicted octanol–water partition coefficient (Wildman–Crippen LogP) is 1.40. The van der Waals surface area contributed by atoms with E-state index in [1.54, 1.807) is 0 Å². The Morgan fingerprint density at radius 1 is 1.53 bits per heavy atom. The molecule has 1 heterocycles. The van der Waals surface area contributed by atoms with Crippen molar-refractivity contribution in [1.29, 1.82) is 0 Å². The van der Waals surface area contributed by atoms with Gasteiger partial charge in [0.05, 0.1) is 6.61 Å². The molecule has 1 aromatic heterocycles. The van der Waals surface area contributed by atoms with Crippen molar-refractivity contribution in [2.45, 2.75) is 24.8 Å². The highest BCUT2D eigenvalue weighted by atomic mass is 32.2. The summed E-state index contributed by atoms with van der Waals surface area (Å²) in [6.45, 7) is 3.94. The van der Waals surface area contributed by atoms with Gasteiger partial charge in [-0.25, -0.2) is 17.9 Å². The second-order valence-corrected chi connectivity index (χ2v) is 6.94. The van der Waals surface area contributed by atoms with Crippen LogP contribution in [0.3, 0.4) is 0 Å². The first-order valence-electron chi connectivity index (χ1n) is 5.61. The molecule has 1 atom stereocenters. The third kappa shape index (κ3) is 4.00. The molecule has 0 aliphatic carbocycles. The van der Waals surface area contributed by atoms with E-state index in [2.05, 4.69) is 4.72 Å². The number of rotatable bonds is 7. The fourth-order valence-electron chi connectivity index (χ4n) is 1.47. The average molecular weight is 307 g/mol. The van der Waals surface area contributed by atoms with Gasteiger partial charge in [0.2, 0.25) is 10.0 Å². The highest BCUT2D eigenvalue weighted by Crippen LogP contribution is 2.22. The van der Waals surface area contributed by atoms with E-state index in [1.165, 1.54) is 18.6 Å². The number of sulfonamides is 1. The number of carbonyl (C=O) groups is 1. The van der Waals surface area contributed by atoms with Crippen LogP contribution >= 0.6 is 11.3 Å². The van der Waals surface area contributed by atoms with E-state index >= 15 is 0 Å². The van der Waals surface area contributed by atoms with E-state index in [0.29, 0.717) is 0 Å². The number of hydrogen-bond acceptors (Lipinski definition) is 5. The normalized spacial score (nSPS) is 13.7. The predicted molar refractivity (Wildman–Crippen MR) is 72.1 cm³/mol. The molecule has 2 N–H and O–H groups in total. The van der Waals surface area contributed by atoms with Gasteiger partial charge in [-0.3, -0.25) is 0 Å². The van der Waals surface area contributed by atoms with Crippen molar-refractivity contribution >= 4 is 27.3 Å². The van der Waals surface area contributed by atoms with E-state index in [4.69, 9.17) is 9.84 Å². The molecule has 0 saturated heterocycles. The molecule has 1 aromatic rings. The summed E-state index contributed by atoms with van der Waals surface area (Å²) in [4.78, 5) is 10.6. The lowest BCUT2D eigenvalue weighted by molar-refractivity contribution is 0.0698. The highest BCUT2D eigenvalue weighted by molar-refractivity contribution is 7.89. The van der Waals surface area contributed by atoms with Gasteiger partial charge in [0, 0.05) is 13.2 Å². The van der Waals surface area contributed by atoms with Crippen molar-refractivity contribution in [2.24, 2.45) is 5.92 Å². The molecule has 19 heavy (non-hydrogen) atoms. The van der Waals surface area contributed by atoms with Gasteiger partial charge < -0.3 is 9.84 Å². The molecule has 0 radical (unpaired) electrons. The van der Waals surface area contributed by atoms with E-state index < -0.39 is 22.0 Å². The van der Waals surface area contributed by atoms with Gasteiger partial charge in [0.15, 0.2) is 0 Å². The summed E-state index contributed by atoms with van der Waals surface area (Å²) in [6, 6.07) is 0.886. The zero-order valence-electron chi connectivity index (χ0n) is 10.9. The zero-order valence-corrected chi connectivity index (χ0v) is 12.5. The topological polar surface area (TPSA) is 92.7 Å². The molecule has 0 saturated carbocycles. The maximum atomic E-state index is 12.2. The van der Waals surface area contributed by atoms with Crippen molar-refractivity contribution in [2.75, 3.05) is 13.7 Å². The maximum absolute atomic E-state index is 12.2. The lowest BCUT2D eigenvalue weighted by Crippen LogP contribution is -2.41. The largest absolute Gasteiger partial charge is 0.477 e. The number of nitrogens with one attached hydrogen (secondary N) is 1. The molecule has 1 unspecified atom stereocenters.